The smallest absolute Gasteiger partial charge is 0.258 e. The number of hydrogen-bond acceptors (Lipinski definition) is 6. The van der Waals surface area contributed by atoms with Gasteiger partial charge in [0, 0.05) is 49.7 Å². The highest BCUT2D eigenvalue weighted by atomic mass is 16.5. The molecule has 9 heteroatoms. The van der Waals surface area contributed by atoms with E-state index in [0.717, 1.165) is 67.7 Å². The maximum atomic E-state index is 13.3. The van der Waals surface area contributed by atoms with Gasteiger partial charge in [0.2, 0.25) is 11.9 Å². The van der Waals surface area contributed by atoms with Gasteiger partial charge in [-0.2, -0.15) is 0 Å². The van der Waals surface area contributed by atoms with Crippen LogP contribution in [-0.4, -0.2) is 74.5 Å². The zero-order valence-corrected chi connectivity index (χ0v) is 23.8. The number of aryl methyl sites for hydroxylation is 1. The number of rotatable bonds is 7. The molecule has 0 bridgehead atoms. The van der Waals surface area contributed by atoms with Gasteiger partial charge in [0.05, 0.1) is 11.6 Å². The number of ether oxygens (including phenoxy) is 1. The van der Waals surface area contributed by atoms with Gasteiger partial charge in [0.25, 0.3) is 5.91 Å². The molecule has 0 unspecified atom stereocenters. The van der Waals surface area contributed by atoms with Gasteiger partial charge in [-0.25, -0.2) is 4.98 Å². The minimum Gasteiger partial charge on any atom is -0.488 e. The molecule has 2 saturated heterocycles. The van der Waals surface area contributed by atoms with E-state index < -0.39 is 0 Å². The summed E-state index contributed by atoms with van der Waals surface area (Å²) in [6, 6.07) is 9.80. The fourth-order valence-corrected chi connectivity index (χ4v) is 5.87. The molecule has 3 aromatic rings. The van der Waals surface area contributed by atoms with E-state index in [0.29, 0.717) is 30.6 Å². The molecule has 0 radical (unpaired) electrons. The predicted octanol–water partition coefficient (Wildman–Crippen LogP) is 4.98. The second-order valence-corrected chi connectivity index (χ2v) is 11.2. The first-order valence-corrected chi connectivity index (χ1v) is 14.4. The van der Waals surface area contributed by atoms with Crippen LogP contribution in [0.5, 0.6) is 5.75 Å². The van der Waals surface area contributed by atoms with Crippen LogP contribution in [0.2, 0.25) is 0 Å². The van der Waals surface area contributed by atoms with Gasteiger partial charge in [-0.15, -0.1) is 0 Å². The Morgan fingerprint density at radius 1 is 1.12 bits per heavy atom. The third-order valence-electron chi connectivity index (χ3n) is 8.06. The van der Waals surface area contributed by atoms with Gasteiger partial charge in [-0.1, -0.05) is 12.6 Å². The summed E-state index contributed by atoms with van der Waals surface area (Å²) >= 11 is 0. The zero-order valence-electron chi connectivity index (χ0n) is 23.8. The minimum atomic E-state index is -0.252. The van der Waals surface area contributed by atoms with Crippen molar-refractivity contribution in [3.8, 4) is 5.75 Å². The number of anilines is 1. The number of para-hydroxylation sites is 1. The largest absolute Gasteiger partial charge is 0.488 e. The fraction of sp³-hybridized carbons (Fsp3) is 0.484. The Morgan fingerprint density at radius 2 is 1.93 bits per heavy atom. The van der Waals surface area contributed by atoms with Crippen molar-refractivity contribution in [3.05, 3.63) is 60.4 Å². The van der Waals surface area contributed by atoms with Crippen molar-refractivity contribution in [2.45, 2.75) is 71.1 Å². The highest BCUT2D eigenvalue weighted by Crippen LogP contribution is 2.36. The van der Waals surface area contributed by atoms with Crippen LogP contribution < -0.4 is 10.1 Å². The summed E-state index contributed by atoms with van der Waals surface area (Å²) in [5.41, 5.74) is 2.89. The van der Waals surface area contributed by atoms with Gasteiger partial charge in [0.1, 0.15) is 17.4 Å². The van der Waals surface area contributed by atoms with Crippen LogP contribution in [0.3, 0.4) is 0 Å². The van der Waals surface area contributed by atoms with Crippen molar-refractivity contribution in [2.24, 2.45) is 0 Å². The first kappa shape index (κ1) is 27.8. The maximum absolute atomic E-state index is 13.3. The standard InChI is InChI=1S/C31H40N6O3/c1-5-28(38)36-16-7-6-9-24(20-36)37-29-26(33-31(37)34-30(39)23-12-15-32-22(4)19-23)10-8-11-27(29)40-25-13-17-35(18-14-25)21(2)3/h5,8,10-12,15,19,21,24-25H,1,6-7,9,13-14,16-18,20H2,2-4H3,(H,33,34,39)/t24-/m1/s1. The van der Waals surface area contributed by atoms with Crippen LogP contribution in [0, 0.1) is 6.92 Å². The summed E-state index contributed by atoms with van der Waals surface area (Å²) in [6.07, 6.45) is 7.75. The van der Waals surface area contributed by atoms with Gasteiger partial charge < -0.3 is 19.1 Å². The van der Waals surface area contributed by atoms with E-state index in [9.17, 15) is 9.59 Å². The summed E-state index contributed by atoms with van der Waals surface area (Å²) in [5, 5.41) is 3.07. The normalized spacial score (nSPS) is 19.0. The molecule has 2 aliphatic rings. The number of nitrogens with zero attached hydrogens (tertiary/aromatic N) is 5. The molecular formula is C31H40N6O3. The molecule has 1 atom stereocenters. The molecule has 2 amide bonds. The number of nitrogens with one attached hydrogen (secondary N) is 1. The highest BCUT2D eigenvalue weighted by molar-refractivity contribution is 6.04. The van der Waals surface area contributed by atoms with Crippen LogP contribution >= 0.6 is 0 Å². The molecule has 2 fully saturated rings. The molecule has 1 aromatic carbocycles. The van der Waals surface area contributed by atoms with Crippen LogP contribution in [0.4, 0.5) is 5.95 Å². The van der Waals surface area contributed by atoms with E-state index in [1.165, 1.54) is 6.08 Å². The van der Waals surface area contributed by atoms with Gasteiger partial charge in [-0.05, 0) is 83.2 Å². The number of pyridine rings is 1. The van der Waals surface area contributed by atoms with E-state index in [1.54, 1.807) is 18.3 Å². The molecule has 1 N–H and O–H groups in total. The van der Waals surface area contributed by atoms with Crippen LogP contribution in [0.25, 0.3) is 11.0 Å². The summed E-state index contributed by atoms with van der Waals surface area (Å²) < 4.78 is 8.76. The molecule has 0 saturated carbocycles. The lowest BCUT2D eigenvalue weighted by molar-refractivity contribution is -0.126. The monoisotopic (exact) mass is 544 g/mol. The Hall–Kier alpha value is -3.72. The topological polar surface area (TPSA) is 92.6 Å². The van der Waals surface area contributed by atoms with Crippen molar-refractivity contribution in [1.82, 2.24) is 24.3 Å². The average Bonchev–Trinajstić information content (AvgIpc) is 3.14. The van der Waals surface area contributed by atoms with Crippen LogP contribution in [0.15, 0.2) is 49.2 Å². The molecule has 2 aliphatic heterocycles. The first-order valence-electron chi connectivity index (χ1n) is 14.4. The van der Waals surface area contributed by atoms with E-state index >= 15 is 0 Å². The molecule has 2 aromatic heterocycles. The molecule has 40 heavy (non-hydrogen) atoms. The lowest BCUT2D eigenvalue weighted by Crippen LogP contribution is -2.41. The molecule has 4 heterocycles. The third kappa shape index (κ3) is 6.04. The Morgan fingerprint density at radius 3 is 2.65 bits per heavy atom. The molecular weight excluding hydrogens is 504 g/mol. The highest BCUT2D eigenvalue weighted by Gasteiger charge is 2.29. The summed E-state index contributed by atoms with van der Waals surface area (Å²) in [6.45, 7) is 13.2. The SMILES string of the molecule is C=CC(=O)N1CCCC[C@@H](n2c(NC(=O)c3ccnc(C)c3)nc3cccc(OC4CCN(C(C)C)CC4)c32)C1. The van der Waals surface area contributed by atoms with Gasteiger partial charge in [0.15, 0.2) is 0 Å². The Labute approximate surface area is 236 Å². The molecule has 9 nitrogen and oxygen atoms in total. The second kappa shape index (κ2) is 12.2. The number of benzene rings is 1. The molecule has 0 spiro atoms. The number of likely N-dealkylation sites (tertiary alicyclic amines) is 2. The van der Waals surface area contributed by atoms with Crippen LogP contribution in [0.1, 0.15) is 68.0 Å². The van der Waals surface area contributed by atoms with Crippen molar-refractivity contribution in [2.75, 3.05) is 31.5 Å². The van der Waals surface area contributed by atoms with Crippen molar-refractivity contribution >= 4 is 28.8 Å². The summed E-state index contributed by atoms with van der Waals surface area (Å²) in [5.74, 6) is 0.887. The molecule has 5 rings (SSSR count). The number of carbonyl (C=O) groups excluding carboxylic acids is 2. The molecule has 212 valence electrons. The second-order valence-electron chi connectivity index (χ2n) is 11.2. The number of fused-ring (bicyclic) bond motifs is 1. The number of piperidine rings is 1. The maximum Gasteiger partial charge on any atom is 0.258 e. The van der Waals surface area contributed by atoms with E-state index in [4.69, 9.17) is 9.72 Å². The predicted molar refractivity (Wildman–Crippen MR) is 157 cm³/mol. The van der Waals surface area contributed by atoms with Crippen LogP contribution in [-0.2, 0) is 4.79 Å². The number of aromatic nitrogens is 3. The first-order chi connectivity index (χ1) is 19.3. The van der Waals surface area contributed by atoms with E-state index in [2.05, 4.69) is 40.2 Å². The van der Waals surface area contributed by atoms with Crippen molar-refractivity contribution in [3.63, 3.8) is 0 Å². The van der Waals surface area contributed by atoms with Gasteiger partial charge >= 0.3 is 0 Å². The van der Waals surface area contributed by atoms with Gasteiger partial charge in [-0.3, -0.25) is 19.9 Å². The number of imidazole rings is 1. The quantitative estimate of drug-likeness (QED) is 0.422. The Balaban J connectivity index is 1.53. The Kier molecular flexibility index (Phi) is 8.49. The van der Waals surface area contributed by atoms with Crippen molar-refractivity contribution < 1.29 is 14.3 Å². The lowest BCUT2D eigenvalue weighted by Gasteiger charge is -2.34. The molecule has 0 aliphatic carbocycles. The third-order valence-corrected chi connectivity index (χ3v) is 8.06. The number of amides is 2. The zero-order chi connectivity index (χ0) is 28.2. The number of hydrogen-bond donors (Lipinski definition) is 1. The minimum absolute atomic E-state index is 0.0810. The Bertz CT molecular complexity index is 1370. The van der Waals surface area contributed by atoms with E-state index in [-0.39, 0.29) is 24.0 Å². The van der Waals surface area contributed by atoms with E-state index in [1.807, 2.05) is 30.0 Å². The summed E-state index contributed by atoms with van der Waals surface area (Å²) in [7, 11) is 0. The average molecular weight is 545 g/mol. The summed E-state index contributed by atoms with van der Waals surface area (Å²) in [4.78, 5) is 39.4. The fourth-order valence-electron chi connectivity index (χ4n) is 5.87. The lowest BCUT2D eigenvalue weighted by atomic mass is 10.1. The van der Waals surface area contributed by atoms with Crippen molar-refractivity contribution in [1.29, 1.82) is 0 Å². The number of carbonyl (C=O) groups is 2.